The van der Waals surface area contributed by atoms with Gasteiger partial charge in [0.15, 0.2) is 0 Å². The number of carbonyl (C=O) groups is 2. The third kappa shape index (κ3) is 39.7. The van der Waals surface area contributed by atoms with Crippen LogP contribution in [0.3, 0.4) is 0 Å². The van der Waals surface area contributed by atoms with Gasteiger partial charge in [-0.3, -0.25) is 9.59 Å². The quantitative estimate of drug-likeness (QED) is 0.0409. The molecule has 0 spiro atoms. The summed E-state index contributed by atoms with van der Waals surface area (Å²) in [6.45, 7) is 4.20. The predicted octanol–water partition coefficient (Wildman–Crippen LogP) is 12.6. The summed E-state index contributed by atoms with van der Waals surface area (Å²) in [6, 6.07) is 0. The Morgan fingerprint density at radius 3 is 1.12 bits per heavy atom. The van der Waals surface area contributed by atoms with Gasteiger partial charge in [-0.05, 0) is 89.9 Å². The van der Waals surface area contributed by atoms with Crippen LogP contribution in [0.25, 0.3) is 0 Å². The first-order chi connectivity index (χ1) is 24.1. The van der Waals surface area contributed by atoms with E-state index in [1.54, 1.807) is 0 Å². The summed E-state index contributed by atoms with van der Waals surface area (Å²) in [7, 11) is 0. The Kier molecular flexibility index (Phi) is 37.6. The SMILES string of the molecule is CCCCC/C=C\C/C=C\C/C=C\C/C=C\CCCCCC(=O)OC[C@H](O)COC(=O)CCCCCCC/C=C\C/C=C\CCCCCC. The average molecular weight is 683 g/mol. The van der Waals surface area contributed by atoms with Crippen molar-refractivity contribution in [2.75, 3.05) is 13.2 Å². The fraction of sp³-hybridized carbons (Fsp3) is 0.682. The van der Waals surface area contributed by atoms with Crippen LogP contribution in [-0.4, -0.2) is 36.4 Å². The molecule has 0 radical (unpaired) electrons. The van der Waals surface area contributed by atoms with Gasteiger partial charge in [0, 0.05) is 12.8 Å². The average Bonchev–Trinajstić information content (AvgIpc) is 3.10. The maximum absolute atomic E-state index is 12.0. The van der Waals surface area contributed by atoms with E-state index >= 15 is 0 Å². The molecule has 0 aromatic carbocycles. The highest BCUT2D eigenvalue weighted by atomic mass is 16.6. The van der Waals surface area contributed by atoms with E-state index in [4.69, 9.17) is 9.47 Å². The van der Waals surface area contributed by atoms with Gasteiger partial charge in [-0.2, -0.15) is 0 Å². The van der Waals surface area contributed by atoms with Gasteiger partial charge >= 0.3 is 11.9 Å². The molecule has 0 heterocycles. The van der Waals surface area contributed by atoms with Crippen molar-refractivity contribution in [3.63, 3.8) is 0 Å². The van der Waals surface area contributed by atoms with Crippen LogP contribution in [0.4, 0.5) is 0 Å². The normalized spacial score (nSPS) is 13.0. The van der Waals surface area contributed by atoms with Crippen molar-refractivity contribution in [2.24, 2.45) is 0 Å². The molecule has 0 aliphatic heterocycles. The summed E-state index contributed by atoms with van der Waals surface area (Å²) in [5, 5.41) is 10.0. The van der Waals surface area contributed by atoms with E-state index in [1.807, 2.05) is 0 Å². The molecule has 0 aromatic heterocycles. The summed E-state index contributed by atoms with van der Waals surface area (Å²) < 4.78 is 10.3. The first-order valence-electron chi connectivity index (χ1n) is 20.0. The second-order valence-corrected chi connectivity index (χ2v) is 13.0. The van der Waals surface area contributed by atoms with E-state index in [2.05, 4.69) is 86.8 Å². The molecule has 5 heteroatoms. The van der Waals surface area contributed by atoms with Gasteiger partial charge in [0.25, 0.3) is 0 Å². The van der Waals surface area contributed by atoms with E-state index in [0.717, 1.165) is 77.0 Å². The van der Waals surface area contributed by atoms with Crippen LogP contribution in [0, 0.1) is 0 Å². The molecule has 0 unspecified atom stereocenters. The van der Waals surface area contributed by atoms with Crippen molar-refractivity contribution < 1.29 is 24.2 Å². The molecule has 0 fully saturated rings. The lowest BCUT2D eigenvalue weighted by molar-refractivity contribution is -0.152. The van der Waals surface area contributed by atoms with Crippen LogP contribution in [0.1, 0.15) is 174 Å². The maximum Gasteiger partial charge on any atom is 0.305 e. The molecule has 1 N–H and O–H groups in total. The zero-order valence-electron chi connectivity index (χ0n) is 31.7. The Bertz CT molecular complexity index is 910. The number of unbranched alkanes of at least 4 members (excludes halogenated alkanes) is 15. The Morgan fingerprint density at radius 1 is 0.429 bits per heavy atom. The lowest BCUT2D eigenvalue weighted by atomic mass is 10.1. The summed E-state index contributed by atoms with van der Waals surface area (Å²) >= 11 is 0. The number of hydrogen-bond donors (Lipinski definition) is 1. The summed E-state index contributed by atoms with van der Waals surface area (Å²) in [5.41, 5.74) is 0. The standard InChI is InChI=1S/C44H74O5/c1-3-5-7-9-11-13-15-17-19-21-22-23-25-27-29-31-33-35-37-39-44(47)49-41-42(45)40-48-43(46)38-36-34-32-30-28-26-24-20-18-16-14-12-10-8-6-4-2/h11,13-14,16-17,19-20,22-24,27,29,42,45H,3-10,12,15,18,21,25-26,28,30-41H2,1-2H3/b13-11-,16-14-,19-17-,23-22-,24-20-,29-27-/t42-/m1/s1. The van der Waals surface area contributed by atoms with Crippen molar-refractivity contribution in [3.8, 4) is 0 Å². The number of esters is 2. The monoisotopic (exact) mass is 683 g/mol. The van der Waals surface area contributed by atoms with Crippen LogP contribution in [0.2, 0.25) is 0 Å². The molecule has 5 nitrogen and oxygen atoms in total. The van der Waals surface area contributed by atoms with Gasteiger partial charge < -0.3 is 14.6 Å². The molecule has 0 bridgehead atoms. The molecule has 0 aromatic rings. The molecule has 0 aliphatic rings. The lowest BCUT2D eigenvalue weighted by Gasteiger charge is -2.12. The molecular formula is C44H74O5. The topological polar surface area (TPSA) is 72.8 Å². The van der Waals surface area contributed by atoms with Crippen molar-refractivity contribution in [3.05, 3.63) is 72.9 Å². The molecule has 280 valence electrons. The number of ether oxygens (including phenoxy) is 2. The summed E-state index contributed by atoms with van der Waals surface area (Å²) in [5.74, 6) is -0.621. The van der Waals surface area contributed by atoms with Crippen molar-refractivity contribution in [2.45, 2.75) is 180 Å². The van der Waals surface area contributed by atoms with Crippen molar-refractivity contribution >= 4 is 11.9 Å². The smallest absolute Gasteiger partial charge is 0.305 e. The Balaban J connectivity index is 3.56. The first kappa shape index (κ1) is 46.3. The van der Waals surface area contributed by atoms with Crippen LogP contribution < -0.4 is 0 Å². The third-order valence-corrected chi connectivity index (χ3v) is 8.16. The minimum absolute atomic E-state index is 0.137. The summed E-state index contributed by atoms with van der Waals surface area (Å²) in [6.07, 6.45) is 52.3. The highest BCUT2D eigenvalue weighted by Crippen LogP contribution is 2.10. The first-order valence-corrected chi connectivity index (χ1v) is 20.0. The highest BCUT2D eigenvalue weighted by molar-refractivity contribution is 5.69. The van der Waals surface area contributed by atoms with Gasteiger partial charge in [0.1, 0.15) is 19.3 Å². The Hall–Kier alpha value is -2.66. The van der Waals surface area contributed by atoms with Gasteiger partial charge in [0.05, 0.1) is 0 Å². The maximum atomic E-state index is 12.0. The number of aliphatic hydroxyl groups is 1. The molecule has 0 rings (SSSR count). The Labute approximate surface area is 302 Å². The number of carbonyl (C=O) groups excluding carboxylic acids is 2. The largest absolute Gasteiger partial charge is 0.463 e. The predicted molar refractivity (Wildman–Crippen MR) is 210 cm³/mol. The number of hydrogen-bond acceptors (Lipinski definition) is 5. The fourth-order valence-electron chi connectivity index (χ4n) is 5.10. The van der Waals surface area contributed by atoms with E-state index < -0.39 is 6.10 Å². The fourth-order valence-corrected chi connectivity index (χ4v) is 5.10. The van der Waals surface area contributed by atoms with E-state index in [-0.39, 0.29) is 25.2 Å². The number of aliphatic hydroxyl groups excluding tert-OH is 1. The number of allylic oxidation sites excluding steroid dienone is 12. The lowest BCUT2D eigenvalue weighted by Crippen LogP contribution is -2.25. The van der Waals surface area contributed by atoms with Gasteiger partial charge in [-0.1, -0.05) is 145 Å². The van der Waals surface area contributed by atoms with Crippen molar-refractivity contribution in [1.82, 2.24) is 0 Å². The molecule has 0 aliphatic carbocycles. The Morgan fingerprint density at radius 2 is 0.714 bits per heavy atom. The van der Waals surface area contributed by atoms with Gasteiger partial charge in [-0.15, -0.1) is 0 Å². The second-order valence-electron chi connectivity index (χ2n) is 13.0. The van der Waals surface area contributed by atoms with Gasteiger partial charge in [-0.25, -0.2) is 0 Å². The van der Waals surface area contributed by atoms with Crippen molar-refractivity contribution in [1.29, 1.82) is 0 Å². The highest BCUT2D eigenvalue weighted by Gasteiger charge is 2.12. The second kappa shape index (κ2) is 39.8. The van der Waals surface area contributed by atoms with Crippen LogP contribution >= 0.6 is 0 Å². The summed E-state index contributed by atoms with van der Waals surface area (Å²) in [4.78, 5) is 23.9. The zero-order valence-corrected chi connectivity index (χ0v) is 31.7. The molecule has 49 heavy (non-hydrogen) atoms. The molecule has 1 atom stereocenters. The third-order valence-electron chi connectivity index (χ3n) is 8.16. The van der Waals surface area contributed by atoms with Gasteiger partial charge in [0.2, 0.25) is 0 Å². The molecule has 0 saturated heterocycles. The van der Waals surface area contributed by atoms with E-state index in [1.165, 1.54) is 70.6 Å². The minimum Gasteiger partial charge on any atom is -0.463 e. The molecule has 0 saturated carbocycles. The van der Waals surface area contributed by atoms with Crippen LogP contribution in [0.15, 0.2) is 72.9 Å². The molecule has 0 amide bonds. The zero-order chi connectivity index (χ0) is 35.7. The minimum atomic E-state index is -0.986. The van der Waals surface area contributed by atoms with E-state index in [0.29, 0.717) is 12.8 Å². The van der Waals surface area contributed by atoms with Crippen LogP contribution in [0.5, 0.6) is 0 Å². The van der Waals surface area contributed by atoms with Crippen LogP contribution in [-0.2, 0) is 19.1 Å². The molecular weight excluding hydrogens is 608 g/mol. The number of rotatable bonds is 35. The van der Waals surface area contributed by atoms with E-state index in [9.17, 15) is 14.7 Å².